The van der Waals surface area contributed by atoms with E-state index in [1.807, 2.05) is 6.92 Å². The first kappa shape index (κ1) is 15.9. The van der Waals surface area contributed by atoms with E-state index < -0.39 is 5.82 Å². The van der Waals surface area contributed by atoms with Crippen LogP contribution < -0.4 is 5.32 Å². The highest BCUT2D eigenvalue weighted by Gasteiger charge is 2.30. The third kappa shape index (κ3) is 3.32. The molecule has 4 rings (SSSR count). The summed E-state index contributed by atoms with van der Waals surface area (Å²) in [6.45, 7) is 3.34. The minimum Gasteiger partial charge on any atom is -0.375 e. The molecule has 25 heavy (non-hydrogen) atoms. The molecule has 1 saturated carbocycles. The van der Waals surface area contributed by atoms with Gasteiger partial charge in [0.05, 0.1) is 24.1 Å². The molecule has 2 aliphatic rings. The zero-order chi connectivity index (χ0) is 17.4. The number of urea groups is 1. The molecule has 1 aliphatic heterocycles. The Morgan fingerprint density at radius 1 is 1.40 bits per heavy atom. The normalized spacial score (nSPS) is 20.6. The molecule has 1 aromatic carbocycles. The first-order valence-electron chi connectivity index (χ1n) is 8.37. The molecule has 1 atom stereocenters. The highest BCUT2D eigenvalue weighted by atomic mass is 19.1. The molecule has 2 amide bonds. The second kappa shape index (κ2) is 6.40. The number of morpholine rings is 1. The zero-order valence-electron chi connectivity index (χ0n) is 13.9. The fourth-order valence-electron chi connectivity index (χ4n) is 2.91. The van der Waals surface area contributed by atoms with E-state index in [0.29, 0.717) is 31.3 Å². The van der Waals surface area contributed by atoms with Gasteiger partial charge in [0.25, 0.3) is 0 Å². The predicted molar refractivity (Wildman–Crippen MR) is 87.1 cm³/mol. The van der Waals surface area contributed by atoms with E-state index in [4.69, 9.17) is 4.74 Å². The van der Waals surface area contributed by atoms with E-state index in [9.17, 15) is 9.18 Å². The molecule has 8 nitrogen and oxygen atoms in total. The van der Waals surface area contributed by atoms with Crippen molar-refractivity contribution in [3.63, 3.8) is 0 Å². The number of halogens is 1. The van der Waals surface area contributed by atoms with Gasteiger partial charge in [0.1, 0.15) is 5.82 Å². The summed E-state index contributed by atoms with van der Waals surface area (Å²) in [4.78, 5) is 14.0. The van der Waals surface area contributed by atoms with Crippen molar-refractivity contribution in [1.82, 2.24) is 25.1 Å². The highest BCUT2D eigenvalue weighted by Crippen LogP contribution is 2.39. The van der Waals surface area contributed by atoms with Crippen LogP contribution in [0.3, 0.4) is 0 Å². The summed E-state index contributed by atoms with van der Waals surface area (Å²) in [6.07, 6.45) is 2.08. The van der Waals surface area contributed by atoms with Crippen LogP contribution in [0.25, 0.3) is 5.69 Å². The third-order valence-corrected chi connectivity index (χ3v) is 4.40. The summed E-state index contributed by atoms with van der Waals surface area (Å²) < 4.78 is 21.2. The molecule has 2 fully saturated rings. The van der Waals surface area contributed by atoms with Crippen molar-refractivity contribution < 1.29 is 13.9 Å². The predicted octanol–water partition coefficient (Wildman–Crippen LogP) is 1.93. The van der Waals surface area contributed by atoms with Gasteiger partial charge in [0.15, 0.2) is 5.82 Å². The topological polar surface area (TPSA) is 85.2 Å². The maximum absolute atomic E-state index is 14.2. The molecular weight excluding hydrogens is 327 g/mol. The number of hydrogen-bond acceptors (Lipinski definition) is 5. The molecule has 2 heterocycles. The number of tetrazole rings is 1. The lowest BCUT2D eigenvalue weighted by atomic mass is 10.2. The molecule has 1 unspecified atom stereocenters. The van der Waals surface area contributed by atoms with E-state index in [2.05, 4.69) is 20.8 Å². The van der Waals surface area contributed by atoms with Crippen molar-refractivity contribution in [2.45, 2.75) is 31.8 Å². The number of amides is 2. The van der Waals surface area contributed by atoms with Crippen LogP contribution in [0.4, 0.5) is 14.9 Å². The number of aromatic nitrogens is 4. The Kier molecular flexibility index (Phi) is 4.08. The maximum Gasteiger partial charge on any atom is 0.322 e. The van der Waals surface area contributed by atoms with Gasteiger partial charge in [-0.2, -0.15) is 4.68 Å². The fourth-order valence-corrected chi connectivity index (χ4v) is 2.91. The quantitative estimate of drug-likeness (QED) is 0.918. The van der Waals surface area contributed by atoms with Gasteiger partial charge in [-0.15, -0.1) is 5.10 Å². The standard InChI is InChI=1S/C16H19FN6O2/c1-10-9-22(6-7-25-10)16(24)18-14-8-12(4-5-13(14)17)23-15(11-2-3-11)19-20-21-23/h4-5,8,10-11H,2-3,6-7,9H2,1H3,(H,18,24). The second-order valence-corrected chi connectivity index (χ2v) is 6.44. The number of carbonyl (C=O) groups excluding carboxylic acids is 1. The summed E-state index contributed by atoms with van der Waals surface area (Å²) in [5.74, 6) is 0.623. The van der Waals surface area contributed by atoms with Gasteiger partial charge in [-0.1, -0.05) is 0 Å². The summed E-state index contributed by atoms with van der Waals surface area (Å²) in [6, 6.07) is 4.12. The van der Waals surface area contributed by atoms with Crippen molar-refractivity contribution in [3.8, 4) is 5.69 Å². The number of anilines is 1. The van der Waals surface area contributed by atoms with Gasteiger partial charge in [-0.3, -0.25) is 0 Å². The largest absolute Gasteiger partial charge is 0.375 e. The molecule has 132 valence electrons. The van der Waals surface area contributed by atoms with E-state index in [1.54, 1.807) is 21.7 Å². The lowest BCUT2D eigenvalue weighted by Crippen LogP contribution is -2.46. The summed E-state index contributed by atoms with van der Waals surface area (Å²) in [5, 5.41) is 14.4. The monoisotopic (exact) mass is 346 g/mol. The summed E-state index contributed by atoms with van der Waals surface area (Å²) in [5.41, 5.74) is 0.734. The number of benzene rings is 1. The molecule has 2 aromatic rings. The molecule has 1 aliphatic carbocycles. The van der Waals surface area contributed by atoms with Crippen molar-refractivity contribution >= 4 is 11.7 Å². The van der Waals surface area contributed by atoms with Gasteiger partial charge < -0.3 is 15.0 Å². The Morgan fingerprint density at radius 2 is 2.24 bits per heavy atom. The number of nitrogens with one attached hydrogen (secondary N) is 1. The smallest absolute Gasteiger partial charge is 0.322 e. The average Bonchev–Trinajstić information content (AvgIpc) is 3.34. The van der Waals surface area contributed by atoms with Crippen LogP contribution in [0.2, 0.25) is 0 Å². The van der Waals surface area contributed by atoms with E-state index >= 15 is 0 Å². The van der Waals surface area contributed by atoms with Crippen LogP contribution in [0.15, 0.2) is 18.2 Å². The van der Waals surface area contributed by atoms with E-state index in [0.717, 1.165) is 18.7 Å². The molecular formula is C16H19FN6O2. The molecule has 0 radical (unpaired) electrons. The molecule has 0 spiro atoms. The van der Waals surface area contributed by atoms with Crippen molar-refractivity contribution in [1.29, 1.82) is 0 Å². The summed E-state index contributed by atoms with van der Waals surface area (Å²) in [7, 11) is 0. The number of nitrogens with zero attached hydrogens (tertiary/aromatic N) is 5. The average molecular weight is 346 g/mol. The number of rotatable bonds is 3. The highest BCUT2D eigenvalue weighted by molar-refractivity contribution is 5.89. The van der Waals surface area contributed by atoms with Crippen LogP contribution in [0, 0.1) is 5.82 Å². The van der Waals surface area contributed by atoms with Crippen molar-refractivity contribution in [2.75, 3.05) is 25.0 Å². The van der Waals surface area contributed by atoms with Gasteiger partial charge in [0, 0.05) is 19.0 Å². The Balaban J connectivity index is 1.55. The molecule has 0 bridgehead atoms. The first-order chi connectivity index (χ1) is 12.1. The van der Waals surface area contributed by atoms with Crippen LogP contribution >= 0.6 is 0 Å². The van der Waals surface area contributed by atoms with Crippen LogP contribution in [0.5, 0.6) is 0 Å². The van der Waals surface area contributed by atoms with Gasteiger partial charge in [-0.05, 0) is 48.4 Å². The number of hydrogen-bond donors (Lipinski definition) is 1. The van der Waals surface area contributed by atoms with E-state index in [-0.39, 0.29) is 17.8 Å². The number of ether oxygens (including phenoxy) is 1. The molecule has 1 aromatic heterocycles. The second-order valence-electron chi connectivity index (χ2n) is 6.44. The zero-order valence-corrected chi connectivity index (χ0v) is 13.9. The van der Waals surface area contributed by atoms with Crippen molar-refractivity contribution in [3.05, 3.63) is 29.8 Å². The van der Waals surface area contributed by atoms with Gasteiger partial charge >= 0.3 is 6.03 Å². The van der Waals surface area contributed by atoms with Crippen LogP contribution in [-0.4, -0.2) is 56.9 Å². The minimum absolute atomic E-state index is 0.0296. The Morgan fingerprint density at radius 3 is 3.00 bits per heavy atom. The number of carbonyl (C=O) groups is 1. The molecule has 1 N–H and O–H groups in total. The Bertz CT molecular complexity index is 791. The van der Waals surface area contributed by atoms with Crippen LogP contribution in [0.1, 0.15) is 31.5 Å². The first-order valence-corrected chi connectivity index (χ1v) is 8.37. The summed E-state index contributed by atoms with van der Waals surface area (Å²) >= 11 is 0. The van der Waals surface area contributed by atoms with Crippen molar-refractivity contribution in [2.24, 2.45) is 0 Å². The van der Waals surface area contributed by atoms with E-state index in [1.165, 1.54) is 6.07 Å². The minimum atomic E-state index is -0.501. The maximum atomic E-state index is 14.2. The Hall–Kier alpha value is -2.55. The molecule has 1 saturated heterocycles. The van der Waals surface area contributed by atoms with Crippen LogP contribution in [-0.2, 0) is 4.74 Å². The lowest BCUT2D eigenvalue weighted by Gasteiger charge is -2.31. The third-order valence-electron chi connectivity index (χ3n) is 4.40. The fraction of sp³-hybridized carbons (Fsp3) is 0.500. The Labute approximate surface area is 143 Å². The van der Waals surface area contributed by atoms with Gasteiger partial charge in [0.2, 0.25) is 0 Å². The van der Waals surface area contributed by atoms with Gasteiger partial charge in [-0.25, -0.2) is 9.18 Å². The molecule has 9 heteroatoms. The lowest BCUT2D eigenvalue weighted by molar-refractivity contribution is -0.00139. The SMILES string of the molecule is CC1CN(C(=O)Nc2cc(-n3nnnc3C3CC3)ccc2F)CCO1.